The van der Waals surface area contributed by atoms with Gasteiger partial charge in [-0.15, -0.1) is 0 Å². The maximum Gasteiger partial charge on any atom is 0.290 e. The maximum absolute atomic E-state index is 13.8. The van der Waals surface area contributed by atoms with Crippen molar-refractivity contribution in [1.82, 2.24) is 4.90 Å². The van der Waals surface area contributed by atoms with Crippen molar-refractivity contribution in [1.29, 1.82) is 0 Å². The molecule has 7 heteroatoms. The van der Waals surface area contributed by atoms with Crippen LogP contribution in [0.5, 0.6) is 17.2 Å². The quantitative estimate of drug-likeness (QED) is 0.218. The smallest absolute Gasteiger partial charge is 0.290 e. The average Bonchev–Trinajstić information content (AvgIpc) is 3.24. The Labute approximate surface area is 234 Å². The molecule has 1 aliphatic rings. The van der Waals surface area contributed by atoms with E-state index in [9.17, 15) is 9.59 Å². The van der Waals surface area contributed by atoms with Gasteiger partial charge in [-0.1, -0.05) is 44.2 Å². The number of benzene rings is 3. The molecule has 0 saturated heterocycles. The molecule has 1 atom stereocenters. The van der Waals surface area contributed by atoms with Gasteiger partial charge < -0.3 is 23.5 Å². The monoisotopic (exact) mass is 541 g/mol. The lowest BCUT2D eigenvalue weighted by Crippen LogP contribution is -2.31. The molecular formula is C33H35NO6. The fourth-order valence-corrected chi connectivity index (χ4v) is 5.07. The van der Waals surface area contributed by atoms with Crippen molar-refractivity contribution in [2.75, 3.05) is 26.9 Å². The second-order valence-electron chi connectivity index (χ2n) is 10.3. The molecule has 0 N–H and O–H groups in total. The minimum atomic E-state index is -0.620. The Hall–Kier alpha value is -4.26. The summed E-state index contributed by atoms with van der Waals surface area (Å²) < 4.78 is 23.3. The summed E-state index contributed by atoms with van der Waals surface area (Å²) in [6, 6.07) is 19.9. The third kappa shape index (κ3) is 5.41. The van der Waals surface area contributed by atoms with Gasteiger partial charge in [-0.3, -0.25) is 9.59 Å². The Morgan fingerprint density at radius 2 is 1.73 bits per heavy atom. The predicted molar refractivity (Wildman–Crippen MR) is 155 cm³/mol. The second kappa shape index (κ2) is 11.9. The molecule has 0 radical (unpaired) electrons. The Morgan fingerprint density at radius 1 is 0.950 bits per heavy atom. The molecule has 1 aromatic heterocycles. The van der Waals surface area contributed by atoms with Crippen LogP contribution in [-0.2, 0) is 6.42 Å². The van der Waals surface area contributed by atoms with Crippen molar-refractivity contribution >= 4 is 16.9 Å². The summed E-state index contributed by atoms with van der Waals surface area (Å²) in [5.41, 5.74) is 2.38. The lowest BCUT2D eigenvalue weighted by Gasteiger charge is -2.26. The number of methoxy groups -OCH3 is 1. The highest BCUT2D eigenvalue weighted by molar-refractivity contribution is 5.99. The van der Waals surface area contributed by atoms with Gasteiger partial charge in [-0.2, -0.15) is 0 Å². The summed E-state index contributed by atoms with van der Waals surface area (Å²) in [6.45, 7) is 7.65. The Bertz CT molecular complexity index is 1560. The van der Waals surface area contributed by atoms with Crippen molar-refractivity contribution in [3.63, 3.8) is 0 Å². The molecule has 1 amide bonds. The fraction of sp³-hybridized carbons (Fsp3) is 0.333. The third-order valence-electron chi connectivity index (χ3n) is 7.21. The van der Waals surface area contributed by atoms with E-state index in [0.717, 1.165) is 23.3 Å². The molecular weight excluding hydrogens is 506 g/mol. The number of hydrogen-bond acceptors (Lipinski definition) is 6. The van der Waals surface area contributed by atoms with E-state index in [1.165, 1.54) is 0 Å². The van der Waals surface area contributed by atoms with E-state index in [-0.39, 0.29) is 17.1 Å². The van der Waals surface area contributed by atoms with Crippen molar-refractivity contribution in [3.05, 3.63) is 99.4 Å². The van der Waals surface area contributed by atoms with Gasteiger partial charge in [0.05, 0.1) is 37.3 Å². The molecule has 0 aliphatic carbocycles. The van der Waals surface area contributed by atoms with Crippen LogP contribution in [0.25, 0.3) is 11.0 Å². The fourth-order valence-electron chi connectivity index (χ4n) is 5.07. The lowest BCUT2D eigenvalue weighted by molar-refractivity contribution is 0.0729. The van der Waals surface area contributed by atoms with E-state index >= 15 is 0 Å². The first-order valence-electron chi connectivity index (χ1n) is 13.8. The lowest BCUT2D eigenvalue weighted by atomic mass is 9.97. The normalized spacial score (nSPS) is 14.6. The van der Waals surface area contributed by atoms with Crippen LogP contribution < -0.4 is 19.6 Å². The minimum absolute atomic E-state index is 0.0960. The Balaban J connectivity index is 1.56. The average molecular weight is 542 g/mol. The number of carbonyl (C=O) groups is 1. The number of para-hydroxylation sites is 1. The number of ether oxygens (including phenoxy) is 3. The van der Waals surface area contributed by atoms with Crippen molar-refractivity contribution in [2.24, 2.45) is 5.92 Å². The topological polar surface area (TPSA) is 78.2 Å². The Morgan fingerprint density at radius 3 is 2.45 bits per heavy atom. The highest BCUT2D eigenvalue weighted by Crippen LogP contribution is 2.41. The highest BCUT2D eigenvalue weighted by atomic mass is 16.5. The summed E-state index contributed by atoms with van der Waals surface area (Å²) in [6.07, 6.45) is 1.52. The van der Waals surface area contributed by atoms with E-state index in [4.69, 9.17) is 18.6 Å². The van der Waals surface area contributed by atoms with Gasteiger partial charge in [0.1, 0.15) is 11.3 Å². The SMILES string of the molecule is CCOc1cc(C2c3c(oc4ccccc4c3=O)C(=O)N2CCc2ccc(OC)cc2)ccc1OCCC(C)C. The minimum Gasteiger partial charge on any atom is -0.497 e. The molecule has 5 rings (SSSR count). The van der Waals surface area contributed by atoms with E-state index in [1.54, 1.807) is 36.3 Å². The van der Waals surface area contributed by atoms with Gasteiger partial charge in [0, 0.05) is 6.54 Å². The highest BCUT2D eigenvalue weighted by Gasteiger charge is 2.42. The summed E-state index contributed by atoms with van der Waals surface area (Å²) in [5, 5.41) is 0.453. The third-order valence-corrected chi connectivity index (χ3v) is 7.21. The molecule has 2 heterocycles. The van der Waals surface area contributed by atoms with Crippen LogP contribution in [0.1, 0.15) is 60.5 Å². The van der Waals surface area contributed by atoms with Crippen molar-refractivity contribution in [3.8, 4) is 17.2 Å². The summed E-state index contributed by atoms with van der Waals surface area (Å²) >= 11 is 0. The van der Waals surface area contributed by atoms with Crippen LogP contribution in [0.3, 0.4) is 0 Å². The molecule has 1 aliphatic heterocycles. The van der Waals surface area contributed by atoms with Crippen molar-refractivity contribution < 1.29 is 23.4 Å². The first-order valence-corrected chi connectivity index (χ1v) is 13.8. The number of nitrogens with zero attached hydrogens (tertiary/aromatic N) is 1. The second-order valence-corrected chi connectivity index (χ2v) is 10.3. The largest absolute Gasteiger partial charge is 0.497 e. The molecule has 208 valence electrons. The number of carbonyl (C=O) groups excluding carboxylic acids is 1. The van der Waals surface area contributed by atoms with Crippen LogP contribution >= 0.6 is 0 Å². The molecule has 0 bridgehead atoms. The van der Waals surface area contributed by atoms with E-state index < -0.39 is 6.04 Å². The Kier molecular flexibility index (Phi) is 8.10. The van der Waals surface area contributed by atoms with Gasteiger partial charge in [0.15, 0.2) is 16.9 Å². The van der Waals surface area contributed by atoms with E-state index in [2.05, 4.69) is 13.8 Å². The van der Waals surface area contributed by atoms with Crippen LogP contribution in [0, 0.1) is 5.92 Å². The first-order chi connectivity index (χ1) is 19.4. The zero-order chi connectivity index (χ0) is 28.2. The maximum atomic E-state index is 13.8. The zero-order valence-electron chi connectivity index (χ0n) is 23.4. The van der Waals surface area contributed by atoms with Crippen LogP contribution in [0.4, 0.5) is 0 Å². The molecule has 7 nitrogen and oxygen atoms in total. The molecule has 0 fully saturated rings. The molecule has 1 unspecified atom stereocenters. The number of rotatable bonds is 11. The standard InChI is InChI=1S/C33H35NO6/c1-5-38-28-20-23(12-15-27(28)39-19-17-21(2)3)30-29-31(35)25-8-6-7-9-26(25)40-32(29)33(36)34(30)18-16-22-10-13-24(37-4)14-11-22/h6-15,20-21,30H,5,16-19H2,1-4H3. The number of fused-ring (bicyclic) bond motifs is 2. The summed E-state index contributed by atoms with van der Waals surface area (Å²) in [7, 11) is 1.63. The molecule has 40 heavy (non-hydrogen) atoms. The van der Waals surface area contributed by atoms with E-state index in [1.807, 2.05) is 49.4 Å². The van der Waals surface area contributed by atoms with Crippen LogP contribution in [0.2, 0.25) is 0 Å². The van der Waals surface area contributed by atoms with E-state index in [0.29, 0.717) is 60.1 Å². The summed E-state index contributed by atoms with van der Waals surface area (Å²) in [4.78, 5) is 29.3. The molecule has 3 aromatic carbocycles. The van der Waals surface area contributed by atoms with Crippen LogP contribution in [0.15, 0.2) is 75.9 Å². The molecule has 4 aromatic rings. The first kappa shape index (κ1) is 27.3. The predicted octanol–water partition coefficient (Wildman–Crippen LogP) is 6.41. The van der Waals surface area contributed by atoms with Crippen molar-refractivity contribution in [2.45, 2.75) is 39.7 Å². The number of hydrogen-bond donors (Lipinski definition) is 0. The summed E-state index contributed by atoms with van der Waals surface area (Å²) in [5.74, 6) is 2.32. The molecule has 0 spiro atoms. The van der Waals surface area contributed by atoms with Crippen LogP contribution in [-0.4, -0.2) is 37.7 Å². The van der Waals surface area contributed by atoms with Gasteiger partial charge in [-0.25, -0.2) is 0 Å². The van der Waals surface area contributed by atoms with Gasteiger partial charge in [-0.05, 0) is 73.2 Å². The zero-order valence-corrected chi connectivity index (χ0v) is 23.4. The van der Waals surface area contributed by atoms with Gasteiger partial charge >= 0.3 is 0 Å². The number of amides is 1. The van der Waals surface area contributed by atoms with Gasteiger partial charge in [0.2, 0.25) is 5.76 Å². The molecule has 0 saturated carbocycles. The van der Waals surface area contributed by atoms with Gasteiger partial charge in [0.25, 0.3) is 5.91 Å².